The fourth-order valence-corrected chi connectivity index (χ4v) is 1.83. The fourth-order valence-electron chi connectivity index (χ4n) is 1.83. The van der Waals surface area contributed by atoms with E-state index in [0.29, 0.717) is 13.2 Å². The summed E-state index contributed by atoms with van der Waals surface area (Å²) < 4.78 is 10.8. The lowest BCUT2D eigenvalue weighted by Gasteiger charge is -2.36. The summed E-state index contributed by atoms with van der Waals surface area (Å²) in [4.78, 5) is 21.8. The van der Waals surface area contributed by atoms with E-state index in [2.05, 4.69) is 19.2 Å². The van der Waals surface area contributed by atoms with Crippen molar-refractivity contribution in [2.45, 2.75) is 40.2 Å². The van der Waals surface area contributed by atoms with Crippen LogP contribution in [0.25, 0.3) is 0 Å². The summed E-state index contributed by atoms with van der Waals surface area (Å²) in [6.45, 7) is 8.38. The first kappa shape index (κ1) is 18.2. The van der Waals surface area contributed by atoms with Gasteiger partial charge in [-0.15, -0.1) is 0 Å². The predicted molar refractivity (Wildman–Crippen MR) is 74.2 cm³/mol. The van der Waals surface area contributed by atoms with E-state index in [1.807, 2.05) is 7.05 Å². The third kappa shape index (κ3) is 7.40. The summed E-state index contributed by atoms with van der Waals surface area (Å²) in [7, 11) is 1.86. The molecule has 0 saturated heterocycles. The van der Waals surface area contributed by atoms with Gasteiger partial charge in [0.15, 0.2) is 11.6 Å². The lowest BCUT2D eigenvalue weighted by molar-refractivity contribution is -0.124. The second-order valence-corrected chi connectivity index (χ2v) is 5.26. The Morgan fingerprint density at radius 2 is 1.68 bits per heavy atom. The van der Waals surface area contributed by atoms with Crippen LogP contribution in [0.1, 0.15) is 34.1 Å². The van der Waals surface area contributed by atoms with Gasteiger partial charge in [-0.3, -0.25) is 9.59 Å². The van der Waals surface area contributed by atoms with Gasteiger partial charge in [0.05, 0.1) is 13.2 Å². The molecule has 5 nitrogen and oxygen atoms in total. The molecular formula is C14H27NO4. The maximum absolute atomic E-state index is 10.9. The van der Waals surface area contributed by atoms with Crippen molar-refractivity contribution >= 4 is 11.6 Å². The second kappa shape index (κ2) is 9.18. The zero-order valence-corrected chi connectivity index (χ0v) is 12.7. The maximum Gasteiger partial charge on any atom is 0.155 e. The normalized spacial score (nSPS) is 15.8. The van der Waals surface area contributed by atoms with Gasteiger partial charge in [0.1, 0.15) is 13.2 Å². The van der Waals surface area contributed by atoms with E-state index in [4.69, 9.17) is 9.47 Å². The lowest BCUT2D eigenvalue weighted by Crippen LogP contribution is -2.48. The summed E-state index contributed by atoms with van der Waals surface area (Å²) in [6.07, 6.45) is 0.889. The molecule has 5 heteroatoms. The quantitative estimate of drug-likeness (QED) is 0.613. The molecule has 0 rings (SSSR count). The smallest absolute Gasteiger partial charge is 0.155 e. The van der Waals surface area contributed by atoms with Crippen LogP contribution in [0.2, 0.25) is 0 Å². The number of hydrogen-bond acceptors (Lipinski definition) is 5. The van der Waals surface area contributed by atoms with E-state index >= 15 is 0 Å². The van der Waals surface area contributed by atoms with Crippen LogP contribution in [-0.2, 0) is 19.1 Å². The largest absolute Gasteiger partial charge is 0.373 e. The maximum atomic E-state index is 10.9. The van der Waals surface area contributed by atoms with E-state index in [1.165, 1.54) is 13.8 Å². The molecule has 0 aliphatic rings. The van der Waals surface area contributed by atoms with Crippen LogP contribution in [0.4, 0.5) is 0 Å². The third-order valence-corrected chi connectivity index (χ3v) is 3.32. The SMILES string of the molecule is CCC(C)(COCC(C)=O)C(COCC(C)=O)NC. The molecule has 0 amide bonds. The van der Waals surface area contributed by atoms with Gasteiger partial charge in [-0.05, 0) is 27.3 Å². The molecule has 19 heavy (non-hydrogen) atoms. The standard InChI is InChI=1S/C14H27NO4/c1-6-14(4,10-19-8-12(3)17)13(15-5)9-18-7-11(2)16/h13,15H,6-10H2,1-5H3. The highest BCUT2D eigenvalue weighted by Gasteiger charge is 2.32. The molecule has 0 aromatic heterocycles. The van der Waals surface area contributed by atoms with Crippen molar-refractivity contribution in [2.24, 2.45) is 5.41 Å². The number of Topliss-reactive ketones (excluding diaryl/α,β-unsaturated/α-hetero) is 2. The number of ketones is 2. The molecule has 2 atom stereocenters. The van der Waals surface area contributed by atoms with Crippen molar-refractivity contribution in [1.82, 2.24) is 5.32 Å². The molecule has 112 valence electrons. The van der Waals surface area contributed by atoms with E-state index in [0.717, 1.165) is 6.42 Å². The summed E-state index contributed by atoms with van der Waals surface area (Å²) in [5, 5.41) is 3.20. The molecule has 0 saturated carbocycles. The summed E-state index contributed by atoms with van der Waals surface area (Å²) >= 11 is 0. The molecule has 0 aliphatic carbocycles. The summed E-state index contributed by atoms with van der Waals surface area (Å²) in [5.41, 5.74) is -0.138. The van der Waals surface area contributed by atoms with E-state index < -0.39 is 0 Å². The van der Waals surface area contributed by atoms with Gasteiger partial charge >= 0.3 is 0 Å². The van der Waals surface area contributed by atoms with Crippen LogP contribution in [0.3, 0.4) is 0 Å². The van der Waals surface area contributed by atoms with Gasteiger partial charge in [-0.25, -0.2) is 0 Å². The van der Waals surface area contributed by atoms with Gasteiger partial charge in [0.25, 0.3) is 0 Å². The number of nitrogens with one attached hydrogen (secondary N) is 1. The topological polar surface area (TPSA) is 64.6 Å². The van der Waals surface area contributed by atoms with Crippen molar-refractivity contribution in [3.63, 3.8) is 0 Å². The molecule has 0 fully saturated rings. The van der Waals surface area contributed by atoms with Crippen LogP contribution in [0, 0.1) is 5.41 Å². The fraction of sp³-hybridized carbons (Fsp3) is 0.857. The molecule has 0 spiro atoms. The van der Waals surface area contributed by atoms with Gasteiger partial charge in [0, 0.05) is 11.5 Å². The number of ether oxygens (including phenoxy) is 2. The average Bonchev–Trinajstić information content (AvgIpc) is 2.33. The Balaban J connectivity index is 4.38. The molecule has 0 bridgehead atoms. The van der Waals surface area contributed by atoms with Crippen LogP contribution >= 0.6 is 0 Å². The minimum atomic E-state index is -0.138. The first-order valence-electron chi connectivity index (χ1n) is 6.67. The molecule has 0 heterocycles. The Morgan fingerprint density at radius 1 is 1.16 bits per heavy atom. The van der Waals surface area contributed by atoms with Crippen molar-refractivity contribution in [3.05, 3.63) is 0 Å². The minimum absolute atomic E-state index is 0.0147. The third-order valence-electron chi connectivity index (χ3n) is 3.32. The van der Waals surface area contributed by atoms with Crippen molar-refractivity contribution in [2.75, 3.05) is 33.5 Å². The van der Waals surface area contributed by atoms with Crippen molar-refractivity contribution in [3.8, 4) is 0 Å². The number of hydrogen-bond donors (Lipinski definition) is 1. The molecule has 0 radical (unpaired) electrons. The average molecular weight is 273 g/mol. The molecule has 2 unspecified atom stereocenters. The monoisotopic (exact) mass is 273 g/mol. The van der Waals surface area contributed by atoms with Crippen LogP contribution in [0.15, 0.2) is 0 Å². The van der Waals surface area contributed by atoms with Crippen molar-refractivity contribution < 1.29 is 19.1 Å². The Hall–Kier alpha value is -0.780. The molecule has 1 N–H and O–H groups in total. The zero-order chi connectivity index (χ0) is 14.9. The predicted octanol–water partition coefficient (Wildman–Crippen LogP) is 1.20. The van der Waals surface area contributed by atoms with Gasteiger partial charge < -0.3 is 14.8 Å². The highest BCUT2D eigenvalue weighted by atomic mass is 16.5. The highest BCUT2D eigenvalue weighted by molar-refractivity contribution is 5.77. The molecule has 0 aromatic carbocycles. The summed E-state index contributed by atoms with van der Waals surface area (Å²) in [6, 6.07) is 0.0730. The van der Waals surface area contributed by atoms with Gasteiger partial charge in [0.2, 0.25) is 0 Å². The minimum Gasteiger partial charge on any atom is -0.373 e. The van der Waals surface area contributed by atoms with E-state index in [1.54, 1.807) is 0 Å². The lowest BCUT2D eigenvalue weighted by atomic mass is 9.81. The Kier molecular flexibility index (Phi) is 8.80. The summed E-state index contributed by atoms with van der Waals surface area (Å²) in [5.74, 6) is 0.0353. The second-order valence-electron chi connectivity index (χ2n) is 5.26. The van der Waals surface area contributed by atoms with E-state index in [-0.39, 0.29) is 36.2 Å². The highest BCUT2D eigenvalue weighted by Crippen LogP contribution is 2.26. The number of likely N-dealkylation sites (N-methyl/N-ethyl adjacent to an activating group) is 1. The van der Waals surface area contributed by atoms with Gasteiger partial charge in [-0.1, -0.05) is 13.8 Å². The zero-order valence-electron chi connectivity index (χ0n) is 12.7. The first-order valence-corrected chi connectivity index (χ1v) is 6.67. The number of rotatable bonds is 11. The van der Waals surface area contributed by atoms with Crippen LogP contribution in [0.5, 0.6) is 0 Å². The number of carbonyl (C=O) groups excluding carboxylic acids is 2. The van der Waals surface area contributed by atoms with Crippen LogP contribution < -0.4 is 5.32 Å². The molecule has 0 aromatic rings. The Bertz CT molecular complexity index is 293. The van der Waals surface area contributed by atoms with Crippen molar-refractivity contribution in [1.29, 1.82) is 0 Å². The molecule has 0 aliphatic heterocycles. The Morgan fingerprint density at radius 3 is 2.11 bits per heavy atom. The van der Waals surface area contributed by atoms with Gasteiger partial charge in [-0.2, -0.15) is 0 Å². The molecular weight excluding hydrogens is 246 g/mol. The number of carbonyl (C=O) groups is 2. The Labute approximate surface area is 116 Å². The van der Waals surface area contributed by atoms with Crippen LogP contribution in [-0.4, -0.2) is 51.1 Å². The van der Waals surface area contributed by atoms with E-state index in [9.17, 15) is 9.59 Å². The first-order chi connectivity index (χ1) is 8.85.